The van der Waals surface area contributed by atoms with E-state index in [-0.39, 0.29) is 24.9 Å². The molecule has 8 heteroatoms. The van der Waals surface area contributed by atoms with Crippen LogP contribution in [-0.2, 0) is 24.1 Å². The zero-order valence-corrected chi connectivity index (χ0v) is 16.0. The molecule has 0 fully saturated rings. The van der Waals surface area contributed by atoms with E-state index >= 15 is 0 Å². The van der Waals surface area contributed by atoms with Crippen LogP contribution in [0.1, 0.15) is 30.8 Å². The molecule has 0 saturated heterocycles. The smallest absolute Gasteiger partial charge is 0.365 e. The zero-order chi connectivity index (χ0) is 21.0. The molecule has 152 valence electrons. The molecule has 1 aromatic heterocycles. The summed E-state index contributed by atoms with van der Waals surface area (Å²) in [6, 6.07) is 12.5. The quantitative estimate of drug-likeness (QED) is 0.636. The van der Waals surface area contributed by atoms with Crippen molar-refractivity contribution in [2.75, 3.05) is 5.32 Å². The van der Waals surface area contributed by atoms with Gasteiger partial charge in [0, 0.05) is 17.8 Å². The molecule has 0 spiro atoms. The Morgan fingerprint density at radius 1 is 1.03 bits per heavy atom. The van der Waals surface area contributed by atoms with Gasteiger partial charge in [0.25, 0.3) is 0 Å². The third-order valence-electron chi connectivity index (χ3n) is 4.31. The molecular weight excluding hydrogens is 381 g/mol. The lowest BCUT2D eigenvalue weighted by Crippen LogP contribution is -2.28. The summed E-state index contributed by atoms with van der Waals surface area (Å²) in [6.07, 6.45) is -4.39. The summed E-state index contributed by atoms with van der Waals surface area (Å²) in [7, 11) is 0. The van der Waals surface area contributed by atoms with E-state index in [0.29, 0.717) is 22.7 Å². The lowest BCUT2D eigenvalue weighted by atomic mass is 10.1. The second-order valence-corrected chi connectivity index (χ2v) is 6.93. The first-order chi connectivity index (χ1) is 13.7. The number of rotatable bonds is 6. The molecule has 0 saturated carbocycles. The number of carbonyl (C=O) groups excluding carboxylic acids is 1. The highest BCUT2D eigenvalue weighted by atomic mass is 19.4. The maximum atomic E-state index is 12.9. The van der Waals surface area contributed by atoms with Crippen molar-refractivity contribution in [3.05, 3.63) is 65.5 Å². The summed E-state index contributed by atoms with van der Waals surface area (Å²) in [5, 5.41) is 6.62. The molecule has 0 bridgehead atoms. The summed E-state index contributed by atoms with van der Waals surface area (Å²) in [4.78, 5) is 20.7. The fourth-order valence-corrected chi connectivity index (χ4v) is 2.75. The van der Waals surface area contributed by atoms with Gasteiger partial charge in [0.05, 0.1) is 17.6 Å². The summed E-state index contributed by atoms with van der Waals surface area (Å²) in [6.45, 7) is 3.92. The number of nitrogens with zero attached hydrogens (tertiary/aromatic N) is 2. The van der Waals surface area contributed by atoms with E-state index < -0.39 is 11.7 Å². The first-order valence-corrected chi connectivity index (χ1v) is 9.17. The molecule has 5 nitrogen and oxygen atoms in total. The molecule has 0 aliphatic carbocycles. The molecule has 3 rings (SSSR count). The fraction of sp³-hybridized carbons (Fsp3) is 0.286. The average Bonchev–Trinajstić information content (AvgIpc) is 2.69. The van der Waals surface area contributed by atoms with Crippen molar-refractivity contribution in [1.29, 1.82) is 0 Å². The molecule has 29 heavy (non-hydrogen) atoms. The number of aromatic nitrogens is 2. The summed E-state index contributed by atoms with van der Waals surface area (Å²) < 4.78 is 38.8. The number of nitrogens with one attached hydrogen (secondary N) is 2. The van der Waals surface area contributed by atoms with Crippen molar-refractivity contribution in [2.24, 2.45) is 5.92 Å². The van der Waals surface area contributed by atoms with E-state index in [4.69, 9.17) is 0 Å². The van der Waals surface area contributed by atoms with Crippen molar-refractivity contribution in [1.82, 2.24) is 15.3 Å². The number of hydrogen-bond donors (Lipinski definition) is 2. The van der Waals surface area contributed by atoms with Gasteiger partial charge in [-0.2, -0.15) is 13.2 Å². The molecule has 0 aliphatic rings. The maximum Gasteiger partial charge on any atom is 0.416 e. The second kappa shape index (κ2) is 8.46. The molecular formula is C21H21F3N4O. The Balaban J connectivity index is 1.83. The Morgan fingerprint density at radius 3 is 2.52 bits per heavy atom. The number of carbonyl (C=O) groups is 1. The molecule has 2 N–H and O–H groups in total. The highest BCUT2D eigenvalue weighted by molar-refractivity contribution is 5.89. The maximum absolute atomic E-state index is 12.9. The van der Waals surface area contributed by atoms with E-state index in [1.165, 1.54) is 6.07 Å². The normalized spacial score (nSPS) is 11.7. The Bertz CT molecular complexity index is 1020. The molecule has 1 amide bonds. The van der Waals surface area contributed by atoms with Crippen LogP contribution in [0.15, 0.2) is 48.5 Å². The van der Waals surface area contributed by atoms with Gasteiger partial charge >= 0.3 is 6.18 Å². The Morgan fingerprint density at radius 2 is 1.79 bits per heavy atom. The second-order valence-electron chi connectivity index (χ2n) is 6.93. The molecule has 3 aromatic rings. The van der Waals surface area contributed by atoms with Crippen LogP contribution in [0.4, 0.5) is 19.0 Å². The van der Waals surface area contributed by atoms with Gasteiger partial charge in [0.15, 0.2) is 5.82 Å². The van der Waals surface area contributed by atoms with Crippen LogP contribution < -0.4 is 10.6 Å². The number of hydrogen-bond acceptors (Lipinski definition) is 4. The van der Waals surface area contributed by atoms with Crippen LogP contribution in [0, 0.1) is 5.92 Å². The van der Waals surface area contributed by atoms with E-state index in [1.807, 2.05) is 24.3 Å². The van der Waals surface area contributed by atoms with Gasteiger partial charge in [0.2, 0.25) is 5.91 Å². The van der Waals surface area contributed by atoms with E-state index in [1.54, 1.807) is 19.9 Å². The third kappa shape index (κ3) is 5.22. The molecule has 0 atom stereocenters. The van der Waals surface area contributed by atoms with Crippen LogP contribution in [0.3, 0.4) is 0 Å². The predicted octanol–water partition coefficient (Wildman–Crippen LogP) is 4.53. The van der Waals surface area contributed by atoms with Crippen LogP contribution >= 0.6 is 0 Å². The summed E-state index contributed by atoms with van der Waals surface area (Å²) in [5.74, 6) is 0.653. The number of benzene rings is 2. The minimum absolute atomic E-state index is 0.111. The van der Waals surface area contributed by atoms with Gasteiger partial charge in [-0.3, -0.25) is 4.79 Å². The zero-order valence-electron chi connectivity index (χ0n) is 16.0. The van der Waals surface area contributed by atoms with Crippen molar-refractivity contribution < 1.29 is 18.0 Å². The standard InChI is InChI=1S/C21H21F3N4O/c1-13(2)20(29)26-12-18-27-17-9-4-3-8-16(17)19(28-18)25-11-14-6-5-7-15(10-14)21(22,23)24/h3-10,13H,11-12H2,1-2H3,(H,26,29)(H,25,27,28). The average molecular weight is 402 g/mol. The topological polar surface area (TPSA) is 66.9 Å². The predicted molar refractivity (Wildman–Crippen MR) is 105 cm³/mol. The van der Waals surface area contributed by atoms with Gasteiger partial charge in [-0.1, -0.05) is 38.1 Å². The number of anilines is 1. The third-order valence-corrected chi connectivity index (χ3v) is 4.31. The van der Waals surface area contributed by atoms with Gasteiger partial charge in [-0.05, 0) is 29.8 Å². The minimum Gasteiger partial charge on any atom is -0.365 e. The lowest BCUT2D eigenvalue weighted by molar-refractivity contribution is -0.137. The monoisotopic (exact) mass is 402 g/mol. The molecule has 1 heterocycles. The van der Waals surface area contributed by atoms with Crippen molar-refractivity contribution in [2.45, 2.75) is 33.1 Å². The van der Waals surface area contributed by atoms with Crippen LogP contribution in [0.5, 0.6) is 0 Å². The van der Waals surface area contributed by atoms with Gasteiger partial charge in [-0.25, -0.2) is 9.97 Å². The lowest BCUT2D eigenvalue weighted by Gasteiger charge is -2.13. The first-order valence-electron chi connectivity index (χ1n) is 9.17. The molecule has 0 unspecified atom stereocenters. The van der Waals surface area contributed by atoms with Gasteiger partial charge in [-0.15, -0.1) is 0 Å². The Hall–Kier alpha value is -3.16. The van der Waals surface area contributed by atoms with E-state index in [0.717, 1.165) is 17.5 Å². The van der Waals surface area contributed by atoms with E-state index in [2.05, 4.69) is 20.6 Å². The van der Waals surface area contributed by atoms with Gasteiger partial charge < -0.3 is 10.6 Å². The van der Waals surface area contributed by atoms with Crippen molar-refractivity contribution in [3.63, 3.8) is 0 Å². The Kier molecular flexibility index (Phi) is 6.00. The first kappa shape index (κ1) is 20.6. The molecule has 2 aromatic carbocycles. The molecule has 0 aliphatic heterocycles. The number of fused-ring (bicyclic) bond motifs is 1. The van der Waals surface area contributed by atoms with E-state index in [9.17, 15) is 18.0 Å². The SMILES string of the molecule is CC(C)C(=O)NCc1nc(NCc2cccc(C(F)(F)F)c2)c2ccccc2n1. The van der Waals surface area contributed by atoms with Crippen LogP contribution in [0.25, 0.3) is 10.9 Å². The highest BCUT2D eigenvalue weighted by Gasteiger charge is 2.30. The number of halogens is 3. The highest BCUT2D eigenvalue weighted by Crippen LogP contribution is 2.30. The van der Waals surface area contributed by atoms with Crippen LogP contribution in [-0.4, -0.2) is 15.9 Å². The fourth-order valence-electron chi connectivity index (χ4n) is 2.75. The van der Waals surface area contributed by atoms with Crippen molar-refractivity contribution >= 4 is 22.6 Å². The van der Waals surface area contributed by atoms with Gasteiger partial charge in [0.1, 0.15) is 5.82 Å². The van der Waals surface area contributed by atoms with Crippen LogP contribution in [0.2, 0.25) is 0 Å². The number of para-hydroxylation sites is 1. The number of amides is 1. The number of alkyl halides is 3. The summed E-state index contributed by atoms with van der Waals surface area (Å²) in [5.41, 5.74) is 0.474. The van der Waals surface area contributed by atoms with Crippen molar-refractivity contribution in [3.8, 4) is 0 Å². The minimum atomic E-state index is -4.39. The Labute approximate surface area is 166 Å². The summed E-state index contributed by atoms with van der Waals surface area (Å²) >= 11 is 0. The molecule has 0 radical (unpaired) electrons. The largest absolute Gasteiger partial charge is 0.416 e.